The maximum Gasteiger partial charge on any atom is 0.243 e. The maximum atomic E-state index is 12.8. The first kappa shape index (κ1) is 21.3. The van der Waals surface area contributed by atoms with Crippen LogP contribution in [0.4, 0.5) is 5.69 Å². The van der Waals surface area contributed by atoms with E-state index >= 15 is 0 Å². The topological polar surface area (TPSA) is 84.9 Å². The van der Waals surface area contributed by atoms with Crippen molar-refractivity contribution in [1.29, 1.82) is 0 Å². The summed E-state index contributed by atoms with van der Waals surface area (Å²) in [7, 11) is -1.98. The SMILES string of the molecule is COCCOc1ccc(NC(=O)C2CCCN(S(=O)(=O)c3ccccc3)C2)cc1. The summed E-state index contributed by atoms with van der Waals surface area (Å²) >= 11 is 0. The summed E-state index contributed by atoms with van der Waals surface area (Å²) in [5.41, 5.74) is 0.650. The molecule has 3 rings (SSSR count). The van der Waals surface area contributed by atoms with Gasteiger partial charge in [-0.3, -0.25) is 4.79 Å². The quantitative estimate of drug-likeness (QED) is 0.667. The lowest BCUT2D eigenvalue weighted by molar-refractivity contribution is -0.120. The van der Waals surface area contributed by atoms with Gasteiger partial charge in [0.25, 0.3) is 0 Å². The van der Waals surface area contributed by atoms with Crippen LogP contribution in [-0.4, -0.2) is 52.0 Å². The number of piperidine rings is 1. The Morgan fingerprint density at radius 3 is 2.52 bits per heavy atom. The second kappa shape index (κ2) is 9.87. The zero-order chi connectivity index (χ0) is 20.7. The van der Waals surface area contributed by atoms with Crippen LogP contribution in [0.2, 0.25) is 0 Å². The molecule has 1 saturated heterocycles. The molecule has 156 valence electrons. The molecule has 29 heavy (non-hydrogen) atoms. The molecule has 1 aliphatic rings. The Morgan fingerprint density at radius 1 is 1.10 bits per heavy atom. The first-order valence-corrected chi connectivity index (χ1v) is 11.0. The minimum absolute atomic E-state index is 0.175. The van der Waals surface area contributed by atoms with Crippen LogP contribution < -0.4 is 10.1 Å². The van der Waals surface area contributed by atoms with Gasteiger partial charge in [-0.25, -0.2) is 8.42 Å². The molecule has 2 aromatic rings. The second-order valence-electron chi connectivity index (χ2n) is 6.87. The van der Waals surface area contributed by atoms with Crippen molar-refractivity contribution >= 4 is 21.6 Å². The largest absolute Gasteiger partial charge is 0.491 e. The van der Waals surface area contributed by atoms with E-state index < -0.39 is 10.0 Å². The fraction of sp³-hybridized carbons (Fsp3) is 0.381. The zero-order valence-corrected chi connectivity index (χ0v) is 17.2. The molecule has 1 amide bonds. The Bertz CT molecular complexity index is 900. The number of carbonyl (C=O) groups excluding carboxylic acids is 1. The highest BCUT2D eigenvalue weighted by Gasteiger charge is 2.33. The molecule has 1 unspecified atom stereocenters. The molecule has 0 aliphatic carbocycles. The molecule has 0 radical (unpaired) electrons. The third-order valence-electron chi connectivity index (χ3n) is 4.81. The number of amides is 1. The van der Waals surface area contributed by atoms with E-state index in [-0.39, 0.29) is 23.3 Å². The number of benzene rings is 2. The number of nitrogens with zero attached hydrogens (tertiary/aromatic N) is 1. The average Bonchev–Trinajstić information content (AvgIpc) is 2.76. The predicted octanol–water partition coefficient (Wildman–Crippen LogP) is 2.75. The summed E-state index contributed by atoms with van der Waals surface area (Å²) in [6, 6.07) is 15.4. The van der Waals surface area contributed by atoms with Crippen molar-refractivity contribution in [3.63, 3.8) is 0 Å². The number of rotatable bonds is 8. The zero-order valence-electron chi connectivity index (χ0n) is 16.4. The van der Waals surface area contributed by atoms with E-state index in [0.29, 0.717) is 44.0 Å². The number of methoxy groups -OCH3 is 1. The molecule has 1 N–H and O–H groups in total. The summed E-state index contributed by atoms with van der Waals surface area (Å²) in [5, 5.41) is 2.88. The number of sulfonamides is 1. The normalized spacial score (nSPS) is 17.6. The molecule has 1 aliphatic heterocycles. The number of nitrogens with one attached hydrogen (secondary N) is 1. The smallest absolute Gasteiger partial charge is 0.243 e. The van der Waals surface area contributed by atoms with Gasteiger partial charge in [-0.15, -0.1) is 0 Å². The molecule has 1 fully saturated rings. The molecular weight excluding hydrogens is 392 g/mol. The minimum Gasteiger partial charge on any atom is -0.491 e. The summed E-state index contributed by atoms with van der Waals surface area (Å²) < 4.78 is 37.5. The van der Waals surface area contributed by atoms with Crippen molar-refractivity contribution in [2.24, 2.45) is 5.92 Å². The first-order valence-electron chi connectivity index (χ1n) is 9.58. The Hall–Kier alpha value is -2.42. The summed E-state index contributed by atoms with van der Waals surface area (Å²) in [6.07, 6.45) is 1.31. The Balaban J connectivity index is 1.60. The molecule has 0 aromatic heterocycles. The van der Waals surface area contributed by atoms with Gasteiger partial charge in [0.1, 0.15) is 12.4 Å². The number of hydrogen-bond acceptors (Lipinski definition) is 5. The summed E-state index contributed by atoms with van der Waals surface area (Å²) in [6.45, 7) is 1.56. The van der Waals surface area contributed by atoms with Crippen molar-refractivity contribution in [1.82, 2.24) is 4.31 Å². The van der Waals surface area contributed by atoms with Crippen LogP contribution in [0.1, 0.15) is 12.8 Å². The van der Waals surface area contributed by atoms with E-state index in [1.54, 1.807) is 61.7 Å². The van der Waals surface area contributed by atoms with Gasteiger partial charge in [0.2, 0.25) is 15.9 Å². The van der Waals surface area contributed by atoms with Crippen LogP contribution in [0.3, 0.4) is 0 Å². The van der Waals surface area contributed by atoms with E-state index in [9.17, 15) is 13.2 Å². The van der Waals surface area contributed by atoms with Crippen molar-refractivity contribution in [3.05, 3.63) is 54.6 Å². The highest BCUT2D eigenvalue weighted by Crippen LogP contribution is 2.25. The average molecular weight is 419 g/mol. The standard InChI is InChI=1S/C21H26N2O5S/c1-27-14-15-28-19-11-9-18(10-12-19)22-21(24)17-6-5-13-23(16-17)29(25,26)20-7-3-2-4-8-20/h2-4,7-12,17H,5-6,13-16H2,1H3,(H,22,24). The molecule has 1 heterocycles. The van der Waals surface area contributed by atoms with Gasteiger partial charge < -0.3 is 14.8 Å². The number of ether oxygens (including phenoxy) is 2. The number of carbonyl (C=O) groups is 1. The third-order valence-corrected chi connectivity index (χ3v) is 6.69. The number of anilines is 1. The molecule has 0 saturated carbocycles. The fourth-order valence-corrected chi connectivity index (χ4v) is 4.78. The van der Waals surface area contributed by atoms with Crippen LogP contribution >= 0.6 is 0 Å². The molecule has 1 atom stereocenters. The van der Waals surface area contributed by atoms with Gasteiger partial charge in [0.05, 0.1) is 17.4 Å². The van der Waals surface area contributed by atoms with Crippen molar-refractivity contribution in [3.8, 4) is 5.75 Å². The van der Waals surface area contributed by atoms with E-state index in [2.05, 4.69) is 5.32 Å². The molecule has 2 aromatic carbocycles. The van der Waals surface area contributed by atoms with Crippen LogP contribution in [0, 0.1) is 5.92 Å². The van der Waals surface area contributed by atoms with Gasteiger partial charge in [-0.2, -0.15) is 4.31 Å². The molecule has 8 heteroatoms. The van der Waals surface area contributed by atoms with Crippen molar-refractivity contribution in [2.75, 3.05) is 38.7 Å². The monoisotopic (exact) mass is 418 g/mol. The van der Waals surface area contributed by atoms with E-state index in [1.165, 1.54) is 4.31 Å². The molecule has 0 spiro atoms. The molecule has 7 nitrogen and oxygen atoms in total. The fourth-order valence-electron chi connectivity index (χ4n) is 3.24. The van der Waals surface area contributed by atoms with Crippen molar-refractivity contribution in [2.45, 2.75) is 17.7 Å². The van der Waals surface area contributed by atoms with Crippen LogP contribution in [-0.2, 0) is 19.6 Å². The van der Waals surface area contributed by atoms with Crippen LogP contribution in [0.15, 0.2) is 59.5 Å². The Kier molecular flexibility index (Phi) is 7.24. The van der Waals surface area contributed by atoms with E-state index in [4.69, 9.17) is 9.47 Å². The van der Waals surface area contributed by atoms with Gasteiger partial charge in [0.15, 0.2) is 0 Å². The van der Waals surface area contributed by atoms with Crippen LogP contribution in [0.5, 0.6) is 5.75 Å². The maximum absolute atomic E-state index is 12.8. The minimum atomic E-state index is -3.59. The summed E-state index contributed by atoms with van der Waals surface area (Å²) in [5.74, 6) is 0.128. The number of hydrogen-bond donors (Lipinski definition) is 1. The van der Waals surface area contributed by atoms with Crippen LogP contribution in [0.25, 0.3) is 0 Å². The van der Waals surface area contributed by atoms with Gasteiger partial charge >= 0.3 is 0 Å². The lowest BCUT2D eigenvalue weighted by atomic mass is 9.99. The summed E-state index contributed by atoms with van der Waals surface area (Å²) in [4.78, 5) is 12.9. The Morgan fingerprint density at radius 2 is 1.83 bits per heavy atom. The van der Waals surface area contributed by atoms with E-state index in [0.717, 1.165) is 0 Å². The molecule has 0 bridgehead atoms. The highest BCUT2D eigenvalue weighted by molar-refractivity contribution is 7.89. The van der Waals surface area contributed by atoms with Crippen molar-refractivity contribution < 1.29 is 22.7 Å². The lowest BCUT2D eigenvalue weighted by Gasteiger charge is -2.31. The highest BCUT2D eigenvalue weighted by atomic mass is 32.2. The lowest BCUT2D eigenvalue weighted by Crippen LogP contribution is -2.43. The predicted molar refractivity (Wildman–Crippen MR) is 110 cm³/mol. The van der Waals surface area contributed by atoms with E-state index in [1.807, 2.05) is 0 Å². The molecular formula is C21H26N2O5S. The first-order chi connectivity index (χ1) is 14.0. The van der Waals surface area contributed by atoms with Gasteiger partial charge in [0, 0.05) is 25.9 Å². The Labute approximate surface area is 171 Å². The van der Waals surface area contributed by atoms with Gasteiger partial charge in [-0.05, 0) is 49.2 Å². The van der Waals surface area contributed by atoms with Gasteiger partial charge in [-0.1, -0.05) is 18.2 Å². The third kappa shape index (κ3) is 5.56. The second-order valence-corrected chi connectivity index (χ2v) is 8.81.